The second-order valence-corrected chi connectivity index (χ2v) is 1.81. The third-order valence-electron chi connectivity index (χ3n) is 1.05. The van der Waals surface area contributed by atoms with E-state index in [4.69, 9.17) is 12.2 Å². The normalized spacial score (nSPS) is 17.4. The monoisotopic (exact) mass is 97.1 g/mol. The maximum atomic E-state index is 5.40. The van der Waals surface area contributed by atoms with Gasteiger partial charge in [0.1, 0.15) is 0 Å². The van der Waals surface area contributed by atoms with Gasteiger partial charge in [0.05, 0.1) is 0 Å². The Morgan fingerprint density at radius 2 is 2.00 bits per heavy atom. The van der Waals surface area contributed by atoms with E-state index in [1.165, 1.54) is 0 Å². The molecule has 0 saturated carbocycles. The molecular formula is C6H11N. The van der Waals surface area contributed by atoms with Crippen LogP contribution >= 0.6 is 0 Å². The number of hydrogen-bond donors (Lipinski definition) is 1. The molecule has 40 valence electrons. The van der Waals surface area contributed by atoms with Crippen molar-refractivity contribution in [1.29, 1.82) is 0 Å². The Kier molecular flexibility index (Phi) is 2.47. The van der Waals surface area contributed by atoms with Gasteiger partial charge in [0.25, 0.3) is 0 Å². The quantitative estimate of drug-likeness (QED) is 0.476. The summed E-state index contributed by atoms with van der Waals surface area (Å²) in [6.07, 6.45) is 5.04. The Morgan fingerprint density at radius 3 is 2.00 bits per heavy atom. The highest BCUT2D eigenvalue weighted by molar-refractivity contribution is 4.93. The van der Waals surface area contributed by atoms with Crippen molar-refractivity contribution in [2.24, 2.45) is 11.7 Å². The Balaban J connectivity index is 3.40. The van der Waals surface area contributed by atoms with Gasteiger partial charge in [-0.1, -0.05) is 0 Å². The van der Waals surface area contributed by atoms with Crippen LogP contribution in [-0.4, -0.2) is 6.04 Å². The minimum Gasteiger partial charge on any atom is -0.327 e. The molecule has 0 saturated heterocycles. The summed E-state index contributed by atoms with van der Waals surface area (Å²) in [4.78, 5) is 0. The predicted octanol–water partition coefficient (Wildman–Crippen LogP) is 0.603. The summed E-state index contributed by atoms with van der Waals surface area (Å²) < 4.78 is 0. The van der Waals surface area contributed by atoms with Crippen LogP contribution in [0.1, 0.15) is 13.8 Å². The summed E-state index contributed by atoms with van der Waals surface area (Å²) in [5.74, 6) is 2.75. The predicted molar refractivity (Wildman–Crippen MR) is 31.6 cm³/mol. The molecule has 0 heterocycles. The minimum atomic E-state index is 0.130. The van der Waals surface area contributed by atoms with Crippen molar-refractivity contribution in [3.8, 4) is 12.3 Å². The first-order valence-electron chi connectivity index (χ1n) is 2.40. The second kappa shape index (κ2) is 2.65. The first kappa shape index (κ1) is 6.52. The molecule has 0 radical (unpaired) electrons. The molecule has 0 aromatic rings. The molecular weight excluding hydrogens is 86.1 g/mol. The molecule has 7 heavy (non-hydrogen) atoms. The summed E-state index contributed by atoms with van der Waals surface area (Å²) in [7, 11) is 0. The molecule has 0 aliphatic rings. The van der Waals surface area contributed by atoms with Crippen molar-refractivity contribution in [1.82, 2.24) is 0 Å². The molecule has 0 aromatic carbocycles. The van der Waals surface area contributed by atoms with E-state index >= 15 is 0 Å². The average Bonchev–Trinajstić information content (AvgIpc) is 1.65. The van der Waals surface area contributed by atoms with Crippen LogP contribution in [0.3, 0.4) is 0 Å². The molecule has 1 heteroatoms. The highest BCUT2D eigenvalue weighted by Crippen LogP contribution is 1.94. The van der Waals surface area contributed by atoms with Crippen molar-refractivity contribution >= 4 is 0 Å². The maximum Gasteiger partial charge on any atom is 0.0320 e. The van der Waals surface area contributed by atoms with E-state index < -0.39 is 0 Å². The zero-order valence-electron chi connectivity index (χ0n) is 4.81. The van der Waals surface area contributed by atoms with Crippen molar-refractivity contribution in [2.45, 2.75) is 19.9 Å². The van der Waals surface area contributed by atoms with Crippen LogP contribution in [-0.2, 0) is 0 Å². The van der Waals surface area contributed by atoms with Crippen molar-refractivity contribution in [3.63, 3.8) is 0 Å². The van der Waals surface area contributed by atoms with Gasteiger partial charge < -0.3 is 5.73 Å². The van der Waals surface area contributed by atoms with Crippen LogP contribution in [0.15, 0.2) is 0 Å². The van der Waals surface area contributed by atoms with E-state index in [2.05, 4.69) is 5.92 Å². The van der Waals surface area contributed by atoms with Crippen LogP contribution in [0, 0.1) is 18.3 Å². The molecule has 2 N–H and O–H groups in total. The first-order chi connectivity index (χ1) is 3.18. The van der Waals surface area contributed by atoms with E-state index in [1.54, 1.807) is 0 Å². The van der Waals surface area contributed by atoms with E-state index in [9.17, 15) is 0 Å². The van der Waals surface area contributed by atoms with Gasteiger partial charge in [-0.15, -0.1) is 12.3 Å². The Hall–Kier alpha value is -0.480. The van der Waals surface area contributed by atoms with E-state index in [0.717, 1.165) is 0 Å². The molecule has 0 aliphatic heterocycles. The molecule has 0 bridgehead atoms. The minimum absolute atomic E-state index is 0.130. The van der Waals surface area contributed by atoms with Gasteiger partial charge in [-0.25, -0.2) is 0 Å². The second-order valence-electron chi connectivity index (χ2n) is 1.81. The maximum absolute atomic E-state index is 5.40. The van der Waals surface area contributed by atoms with Gasteiger partial charge in [0.15, 0.2) is 0 Å². The van der Waals surface area contributed by atoms with Crippen LogP contribution in [0.5, 0.6) is 0 Å². The first-order valence-corrected chi connectivity index (χ1v) is 2.40. The molecule has 0 fully saturated rings. The fourth-order valence-corrected chi connectivity index (χ4v) is 0.152. The van der Waals surface area contributed by atoms with Gasteiger partial charge in [-0.3, -0.25) is 0 Å². The van der Waals surface area contributed by atoms with Crippen LogP contribution < -0.4 is 5.73 Å². The lowest BCUT2D eigenvalue weighted by molar-refractivity contribution is 0.600. The average molecular weight is 97.2 g/mol. The fraction of sp³-hybridized carbons (Fsp3) is 0.667. The lowest BCUT2D eigenvalue weighted by Gasteiger charge is -2.05. The highest BCUT2D eigenvalue weighted by Gasteiger charge is 1.99. The summed E-state index contributed by atoms with van der Waals surface area (Å²) in [5, 5.41) is 0. The zero-order chi connectivity index (χ0) is 5.86. The Bertz CT molecular complexity index is 78.7. The van der Waals surface area contributed by atoms with Crippen LogP contribution in [0.25, 0.3) is 0 Å². The van der Waals surface area contributed by atoms with Gasteiger partial charge in [0.2, 0.25) is 0 Å². The zero-order valence-corrected chi connectivity index (χ0v) is 4.81. The topological polar surface area (TPSA) is 26.0 Å². The van der Waals surface area contributed by atoms with Crippen LogP contribution in [0.4, 0.5) is 0 Å². The number of hydrogen-bond acceptors (Lipinski definition) is 1. The smallest absolute Gasteiger partial charge is 0.0320 e. The molecule has 0 unspecified atom stereocenters. The van der Waals surface area contributed by atoms with Crippen molar-refractivity contribution in [2.75, 3.05) is 0 Å². The Morgan fingerprint density at radius 1 is 1.57 bits per heavy atom. The molecule has 1 nitrogen and oxygen atoms in total. The fourth-order valence-electron chi connectivity index (χ4n) is 0.152. The van der Waals surface area contributed by atoms with E-state index in [0.29, 0.717) is 0 Å². The SMILES string of the molecule is C#C[C@@H](C)[C@@H](C)N. The lowest BCUT2D eigenvalue weighted by atomic mass is 10.1. The van der Waals surface area contributed by atoms with Gasteiger partial charge in [-0.2, -0.15) is 0 Å². The standard InChI is InChI=1S/C6H11N/c1-4-5(2)6(3)7/h1,5-6H,7H2,2-3H3/t5-,6-/m1/s1. The number of nitrogens with two attached hydrogens (primary N) is 1. The van der Waals surface area contributed by atoms with Crippen LogP contribution in [0.2, 0.25) is 0 Å². The number of terminal acetylenes is 1. The van der Waals surface area contributed by atoms with Gasteiger partial charge in [0, 0.05) is 12.0 Å². The Labute approximate surface area is 44.9 Å². The molecule has 0 rings (SSSR count). The largest absolute Gasteiger partial charge is 0.327 e. The third-order valence-corrected chi connectivity index (χ3v) is 1.05. The van der Waals surface area contributed by atoms with E-state index in [1.807, 2.05) is 13.8 Å². The molecule has 2 atom stereocenters. The van der Waals surface area contributed by atoms with Crippen molar-refractivity contribution in [3.05, 3.63) is 0 Å². The summed E-state index contributed by atoms with van der Waals surface area (Å²) >= 11 is 0. The molecule has 0 spiro atoms. The highest BCUT2D eigenvalue weighted by atomic mass is 14.6. The van der Waals surface area contributed by atoms with Gasteiger partial charge in [-0.05, 0) is 13.8 Å². The summed E-state index contributed by atoms with van der Waals surface area (Å²) in [5.41, 5.74) is 5.40. The van der Waals surface area contributed by atoms with E-state index in [-0.39, 0.29) is 12.0 Å². The summed E-state index contributed by atoms with van der Waals surface area (Å²) in [6, 6.07) is 0.130. The number of rotatable bonds is 1. The summed E-state index contributed by atoms with van der Waals surface area (Å²) in [6.45, 7) is 3.84. The van der Waals surface area contributed by atoms with Gasteiger partial charge >= 0.3 is 0 Å². The lowest BCUT2D eigenvalue weighted by Crippen LogP contribution is -2.22. The van der Waals surface area contributed by atoms with Crippen molar-refractivity contribution < 1.29 is 0 Å². The molecule has 0 aliphatic carbocycles. The molecule has 0 aromatic heterocycles. The third kappa shape index (κ3) is 2.24. The molecule has 0 amide bonds.